The van der Waals surface area contributed by atoms with Crippen molar-refractivity contribution in [2.75, 3.05) is 7.11 Å². The van der Waals surface area contributed by atoms with Gasteiger partial charge in [0.25, 0.3) is 0 Å². The van der Waals surface area contributed by atoms with Gasteiger partial charge in [-0.1, -0.05) is 20.8 Å². The van der Waals surface area contributed by atoms with Crippen LogP contribution in [0.25, 0.3) is 0 Å². The number of fused-ring (bicyclic) bond motifs is 5. The van der Waals surface area contributed by atoms with Gasteiger partial charge in [0.15, 0.2) is 0 Å². The number of methoxy groups -OCH3 is 1. The Labute approximate surface area is 216 Å². The van der Waals surface area contributed by atoms with Crippen molar-refractivity contribution in [1.82, 2.24) is 0 Å². The van der Waals surface area contributed by atoms with E-state index in [1.807, 2.05) is 0 Å². The lowest BCUT2D eigenvalue weighted by Crippen LogP contribution is -2.61. The first-order valence-electron chi connectivity index (χ1n) is 14.0. The summed E-state index contributed by atoms with van der Waals surface area (Å²) in [5.74, 6) is 0.662. The fraction of sp³-hybridized carbons (Fsp3) is 0.897. The summed E-state index contributed by atoms with van der Waals surface area (Å²) in [4.78, 5) is 35.6. The highest BCUT2D eigenvalue weighted by Gasteiger charge is 2.67. The van der Waals surface area contributed by atoms with Gasteiger partial charge in [-0.3, -0.25) is 14.4 Å². The second-order valence-corrected chi connectivity index (χ2v) is 12.8. The van der Waals surface area contributed by atoms with Gasteiger partial charge >= 0.3 is 17.9 Å². The number of carbonyl (C=O) groups is 3. The summed E-state index contributed by atoms with van der Waals surface area (Å²) >= 11 is 0. The molecule has 0 aromatic carbocycles. The molecular formula is C29H46O7. The van der Waals surface area contributed by atoms with E-state index in [-0.39, 0.29) is 52.8 Å². The van der Waals surface area contributed by atoms with Crippen molar-refractivity contribution in [2.24, 2.45) is 40.4 Å². The summed E-state index contributed by atoms with van der Waals surface area (Å²) < 4.78 is 16.5. The molecule has 0 aromatic heterocycles. The molecule has 4 saturated carbocycles. The lowest BCUT2D eigenvalue weighted by atomic mass is 9.43. The number of hydrogen-bond acceptors (Lipinski definition) is 7. The van der Waals surface area contributed by atoms with E-state index in [1.54, 1.807) is 0 Å². The van der Waals surface area contributed by atoms with Crippen LogP contribution in [-0.2, 0) is 28.6 Å². The molecule has 36 heavy (non-hydrogen) atoms. The third-order valence-corrected chi connectivity index (χ3v) is 11.3. The maximum absolute atomic E-state index is 12.2. The van der Waals surface area contributed by atoms with Gasteiger partial charge in [0.05, 0.1) is 12.7 Å². The molecule has 0 heterocycles. The number of esters is 3. The molecule has 4 fully saturated rings. The zero-order chi connectivity index (χ0) is 26.5. The van der Waals surface area contributed by atoms with Gasteiger partial charge in [0, 0.05) is 26.2 Å². The molecule has 0 saturated heterocycles. The third kappa shape index (κ3) is 4.48. The van der Waals surface area contributed by atoms with Gasteiger partial charge in [0.1, 0.15) is 12.2 Å². The average molecular weight is 507 g/mol. The summed E-state index contributed by atoms with van der Waals surface area (Å²) in [7, 11) is 1.41. The minimum Gasteiger partial charge on any atom is -0.469 e. The van der Waals surface area contributed by atoms with Crippen molar-refractivity contribution in [3.05, 3.63) is 0 Å². The van der Waals surface area contributed by atoms with Crippen LogP contribution in [0.5, 0.6) is 0 Å². The summed E-state index contributed by atoms with van der Waals surface area (Å²) in [5.41, 5.74) is -1.04. The molecule has 1 N–H and O–H groups in total. The Morgan fingerprint density at radius 3 is 2.22 bits per heavy atom. The van der Waals surface area contributed by atoms with Gasteiger partial charge in [-0.25, -0.2) is 0 Å². The highest BCUT2D eigenvalue weighted by molar-refractivity contribution is 5.69. The summed E-state index contributed by atoms with van der Waals surface area (Å²) in [5, 5.41) is 12.1. The molecule has 0 aromatic rings. The van der Waals surface area contributed by atoms with Crippen LogP contribution in [0.4, 0.5) is 0 Å². The SMILES string of the molecule is COC(=O)CC[C@@H](C)[C@@]1(O)CC[C@H]2[C@@H]3C[C@H](OC(C)=O)[C@H]4C[C@H](OC(C)=O)CC[C@]4(C)[C@H]3CC[C@@]21C. The normalized spacial score (nSPS) is 44.4. The quantitative estimate of drug-likeness (QED) is 0.407. The number of aliphatic hydroxyl groups is 1. The molecule has 0 unspecified atom stereocenters. The van der Waals surface area contributed by atoms with Crippen LogP contribution in [0.1, 0.15) is 98.8 Å². The molecule has 204 valence electrons. The number of carbonyl (C=O) groups excluding carboxylic acids is 3. The van der Waals surface area contributed by atoms with Gasteiger partial charge in [-0.2, -0.15) is 0 Å². The Balaban J connectivity index is 1.60. The van der Waals surface area contributed by atoms with E-state index in [4.69, 9.17) is 14.2 Å². The lowest BCUT2D eigenvalue weighted by molar-refractivity contribution is -0.209. The van der Waals surface area contributed by atoms with Gasteiger partial charge in [0.2, 0.25) is 0 Å². The summed E-state index contributed by atoms with van der Waals surface area (Å²) in [6.07, 6.45) is 7.70. The van der Waals surface area contributed by atoms with Crippen LogP contribution in [0.3, 0.4) is 0 Å². The van der Waals surface area contributed by atoms with Crippen molar-refractivity contribution in [3.63, 3.8) is 0 Å². The molecule has 0 radical (unpaired) electrons. The first kappa shape index (κ1) is 27.4. The Bertz CT molecular complexity index is 872. The van der Waals surface area contributed by atoms with Crippen molar-refractivity contribution in [3.8, 4) is 0 Å². The number of ether oxygens (including phenoxy) is 3. The second kappa shape index (κ2) is 9.92. The minimum absolute atomic E-state index is 0.00138. The van der Waals surface area contributed by atoms with E-state index in [2.05, 4.69) is 20.8 Å². The van der Waals surface area contributed by atoms with E-state index < -0.39 is 5.60 Å². The summed E-state index contributed by atoms with van der Waals surface area (Å²) in [6, 6.07) is 0. The van der Waals surface area contributed by atoms with Crippen LogP contribution in [0.2, 0.25) is 0 Å². The largest absolute Gasteiger partial charge is 0.469 e. The molecule has 4 aliphatic carbocycles. The molecule has 0 bridgehead atoms. The van der Waals surface area contributed by atoms with Crippen molar-refractivity contribution >= 4 is 17.9 Å². The van der Waals surface area contributed by atoms with E-state index >= 15 is 0 Å². The molecule has 0 amide bonds. The molecule has 7 heteroatoms. The van der Waals surface area contributed by atoms with E-state index in [1.165, 1.54) is 21.0 Å². The molecule has 4 rings (SSSR count). The molecular weight excluding hydrogens is 460 g/mol. The van der Waals surface area contributed by atoms with Gasteiger partial charge in [-0.05, 0) is 92.3 Å². The van der Waals surface area contributed by atoms with Crippen LogP contribution >= 0.6 is 0 Å². The maximum Gasteiger partial charge on any atom is 0.305 e. The Kier molecular flexibility index (Phi) is 7.55. The van der Waals surface area contributed by atoms with Gasteiger partial charge in [-0.15, -0.1) is 0 Å². The monoisotopic (exact) mass is 506 g/mol. The highest BCUT2D eigenvalue weighted by Crippen LogP contribution is 2.69. The molecule has 4 aliphatic rings. The Morgan fingerprint density at radius 2 is 1.58 bits per heavy atom. The Morgan fingerprint density at radius 1 is 0.917 bits per heavy atom. The molecule has 0 aliphatic heterocycles. The molecule has 10 atom stereocenters. The van der Waals surface area contributed by atoms with Gasteiger partial charge < -0.3 is 19.3 Å². The average Bonchev–Trinajstić information content (AvgIpc) is 3.09. The zero-order valence-electron chi connectivity index (χ0n) is 23.0. The lowest BCUT2D eigenvalue weighted by Gasteiger charge is -2.63. The van der Waals surface area contributed by atoms with Crippen LogP contribution in [-0.4, -0.2) is 47.9 Å². The van der Waals surface area contributed by atoms with Crippen molar-refractivity contribution in [2.45, 2.75) is 117 Å². The highest BCUT2D eigenvalue weighted by atomic mass is 16.5. The first-order valence-corrected chi connectivity index (χ1v) is 14.0. The second-order valence-electron chi connectivity index (χ2n) is 12.8. The smallest absolute Gasteiger partial charge is 0.305 e. The standard InChI is InChI=1S/C29H46O7/c1-17(7-8-26(32)34-6)29(33)14-11-23-21-16-25(36-19(3)31)24-15-20(35-18(2)30)9-12-27(24,4)22(21)10-13-28(23,29)5/h17,20-25,33H,7-16H2,1-6H3/t17-,20-,21-,22+,23+,24-,25+,27-,28+,29+/m1/s1. The van der Waals surface area contributed by atoms with Crippen molar-refractivity contribution < 1.29 is 33.7 Å². The third-order valence-electron chi connectivity index (χ3n) is 11.3. The fourth-order valence-electron chi connectivity index (χ4n) is 9.45. The van der Waals surface area contributed by atoms with Crippen molar-refractivity contribution in [1.29, 1.82) is 0 Å². The minimum atomic E-state index is -0.821. The fourth-order valence-corrected chi connectivity index (χ4v) is 9.45. The molecule has 7 nitrogen and oxygen atoms in total. The predicted molar refractivity (Wildman–Crippen MR) is 134 cm³/mol. The van der Waals surface area contributed by atoms with Crippen LogP contribution in [0.15, 0.2) is 0 Å². The Hall–Kier alpha value is -1.63. The molecule has 0 spiro atoms. The van der Waals surface area contributed by atoms with Crippen LogP contribution < -0.4 is 0 Å². The number of hydrogen-bond donors (Lipinski definition) is 1. The maximum atomic E-state index is 12.2. The topological polar surface area (TPSA) is 99.1 Å². The first-order chi connectivity index (χ1) is 16.9. The van der Waals surface area contributed by atoms with Crippen LogP contribution in [0, 0.1) is 40.4 Å². The van der Waals surface area contributed by atoms with E-state index in [0.29, 0.717) is 30.6 Å². The number of rotatable bonds is 6. The predicted octanol–water partition coefficient (Wildman–Crippen LogP) is 4.82. The summed E-state index contributed by atoms with van der Waals surface area (Å²) in [6.45, 7) is 9.67. The van der Waals surface area contributed by atoms with E-state index in [0.717, 1.165) is 51.4 Å². The van der Waals surface area contributed by atoms with E-state index in [9.17, 15) is 19.5 Å². The zero-order valence-corrected chi connectivity index (χ0v) is 23.0.